The first-order valence-corrected chi connectivity index (χ1v) is 5.48. The van der Waals surface area contributed by atoms with Crippen LogP contribution in [0.2, 0.25) is 0 Å². The fourth-order valence-corrected chi connectivity index (χ4v) is 1.68. The van der Waals surface area contributed by atoms with Gasteiger partial charge in [0.25, 0.3) is 0 Å². The summed E-state index contributed by atoms with van der Waals surface area (Å²) in [5.74, 6) is 1.04. The Kier molecular flexibility index (Phi) is 2.95. The molecule has 0 spiro atoms. The van der Waals surface area contributed by atoms with E-state index < -0.39 is 0 Å². The predicted octanol–water partition coefficient (Wildman–Crippen LogP) is 2.90. The Hall–Kier alpha value is -1.77. The summed E-state index contributed by atoms with van der Waals surface area (Å²) < 4.78 is 1.84. The molecule has 1 aromatic heterocycles. The van der Waals surface area contributed by atoms with E-state index in [4.69, 9.17) is 0 Å². The summed E-state index contributed by atoms with van der Waals surface area (Å²) in [6.07, 6.45) is 1.80. The van der Waals surface area contributed by atoms with Gasteiger partial charge in [0.05, 0.1) is 6.20 Å². The second-order valence-electron chi connectivity index (χ2n) is 4.12. The van der Waals surface area contributed by atoms with Crippen LogP contribution in [0.25, 0.3) is 0 Å². The van der Waals surface area contributed by atoms with Crippen LogP contribution in [-0.4, -0.2) is 9.78 Å². The topological polar surface area (TPSA) is 29.9 Å². The van der Waals surface area contributed by atoms with Gasteiger partial charge in [-0.3, -0.25) is 4.68 Å². The second kappa shape index (κ2) is 4.39. The van der Waals surface area contributed by atoms with Crippen molar-refractivity contribution in [3.05, 3.63) is 47.7 Å². The van der Waals surface area contributed by atoms with Crippen molar-refractivity contribution in [3.8, 4) is 0 Å². The standard InChI is InChI=1S/C13H17N3/c1-10-4-6-12(7-5-10)11(2)15-13-8-9-14-16(13)3/h4-9,11,15H,1-3H3. The van der Waals surface area contributed by atoms with Crippen LogP contribution in [0.5, 0.6) is 0 Å². The average Bonchev–Trinajstić information content (AvgIpc) is 2.65. The summed E-state index contributed by atoms with van der Waals surface area (Å²) in [5, 5.41) is 7.56. The first-order valence-electron chi connectivity index (χ1n) is 5.48. The number of anilines is 1. The van der Waals surface area contributed by atoms with Crippen molar-refractivity contribution in [3.63, 3.8) is 0 Å². The maximum absolute atomic E-state index is 4.13. The van der Waals surface area contributed by atoms with E-state index in [9.17, 15) is 0 Å². The predicted molar refractivity (Wildman–Crippen MR) is 66.4 cm³/mol. The molecule has 84 valence electrons. The van der Waals surface area contributed by atoms with Crippen LogP contribution < -0.4 is 5.32 Å². The van der Waals surface area contributed by atoms with Crippen molar-refractivity contribution in [2.24, 2.45) is 7.05 Å². The molecule has 16 heavy (non-hydrogen) atoms. The van der Waals surface area contributed by atoms with Gasteiger partial charge < -0.3 is 5.32 Å². The lowest BCUT2D eigenvalue weighted by molar-refractivity contribution is 0.750. The molecule has 0 aliphatic carbocycles. The zero-order chi connectivity index (χ0) is 11.5. The summed E-state index contributed by atoms with van der Waals surface area (Å²) >= 11 is 0. The molecule has 0 fully saturated rings. The van der Waals surface area contributed by atoms with Gasteiger partial charge in [0.2, 0.25) is 0 Å². The summed E-state index contributed by atoms with van der Waals surface area (Å²) in [6, 6.07) is 10.8. The number of aromatic nitrogens is 2. The molecule has 1 aromatic carbocycles. The van der Waals surface area contributed by atoms with Crippen molar-refractivity contribution < 1.29 is 0 Å². The number of aryl methyl sites for hydroxylation is 2. The summed E-state index contributed by atoms with van der Waals surface area (Å²) in [5.41, 5.74) is 2.57. The van der Waals surface area contributed by atoms with Crippen LogP contribution in [0.1, 0.15) is 24.1 Å². The average molecular weight is 215 g/mol. The van der Waals surface area contributed by atoms with E-state index in [-0.39, 0.29) is 6.04 Å². The van der Waals surface area contributed by atoms with Gasteiger partial charge in [-0.25, -0.2) is 0 Å². The van der Waals surface area contributed by atoms with Gasteiger partial charge in [-0.2, -0.15) is 5.10 Å². The molecule has 0 radical (unpaired) electrons. The fourth-order valence-electron chi connectivity index (χ4n) is 1.68. The van der Waals surface area contributed by atoms with Crippen LogP contribution in [0.4, 0.5) is 5.82 Å². The van der Waals surface area contributed by atoms with Gasteiger partial charge in [0.15, 0.2) is 0 Å². The quantitative estimate of drug-likeness (QED) is 0.853. The lowest BCUT2D eigenvalue weighted by atomic mass is 10.1. The molecule has 1 N–H and O–H groups in total. The Balaban J connectivity index is 2.11. The summed E-state index contributed by atoms with van der Waals surface area (Å²) in [6.45, 7) is 4.25. The van der Waals surface area contributed by atoms with Crippen LogP contribution >= 0.6 is 0 Å². The third-order valence-corrected chi connectivity index (χ3v) is 2.76. The third-order valence-electron chi connectivity index (χ3n) is 2.76. The molecule has 2 rings (SSSR count). The van der Waals surface area contributed by atoms with Crippen molar-refractivity contribution in [2.45, 2.75) is 19.9 Å². The zero-order valence-electron chi connectivity index (χ0n) is 9.94. The second-order valence-corrected chi connectivity index (χ2v) is 4.12. The molecule has 0 saturated heterocycles. The van der Waals surface area contributed by atoms with E-state index in [2.05, 4.69) is 48.5 Å². The Morgan fingerprint density at radius 1 is 1.19 bits per heavy atom. The molecule has 3 nitrogen and oxygen atoms in total. The summed E-state index contributed by atoms with van der Waals surface area (Å²) in [7, 11) is 1.93. The molecule has 1 atom stereocenters. The Bertz CT molecular complexity index is 456. The van der Waals surface area contributed by atoms with Gasteiger partial charge in [-0.05, 0) is 19.4 Å². The summed E-state index contributed by atoms with van der Waals surface area (Å²) in [4.78, 5) is 0. The SMILES string of the molecule is Cc1ccc(C(C)Nc2ccnn2C)cc1. The number of nitrogens with zero attached hydrogens (tertiary/aromatic N) is 2. The van der Waals surface area contributed by atoms with Crippen molar-refractivity contribution >= 4 is 5.82 Å². The first kappa shape index (κ1) is 10.7. The smallest absolute Gasteiger partial charge is 0.124 e. The van der Waals surface area contributed by atoms with Gasteiger partial charge in [-0.15, -0.1) is 0 Å². The fraction of sp³-hybridized carbons (Fsp3) is 0.308. The van der Waals surface area contributed by atoms with Crippen molar-refractivity contribution in [1.29, 1.82) is 0 Å². The van der Waals surface area contributed by atoms with E-state index in [1.807, 2.05) is 17.8 Å². The maximum atomic E-state index is 4.13. The van der Waals surface area contributed by atoms with Crippen LogP contribution in [0.3, 0.4) is 0 Å². The molecule has 0 saturated carbocycles. The van der Waals surface area contributed by atoms with Crippen LogP contribution in [0.15, 0.2) is 36.5 Å². The first-order chi connectivity index (χ1) is 7.66. The largest absolute Gasteiger partial charge is 0.364 e. The number of nitrogens with one attached hydrogen (secondary N) is 1. The minimum atomic E-state index is 0.288. The van der Waals surface area contributed by atoms with Gasteiger partial charge in [-0.1, -0.05) is 29.8 Å². The Morgan fingerprint density at radius 2 is 1.88 bits per heavy atom. The van der Waals surface area contributed by atoms with Gasteiger partial charge in [0, 0.05) is 19.2 Å². The van der Waals surface area contributed by atoms with E-state index >= 15 is 0 Å². The number of hydrogen-bond acceptors (Lipinski definition) is 2. The molecule has 3 heteroatoms. The van der Waals surface area contributed by atoms with Gasteiger partial charge >= 0.3 is 0 Å². The van der Waals surface area contributed by atoms with Crippen LogP contribution in [0, 0.1) is 6.92 Å². The number of rotatable bonds is 3. The molecule has 2 aromatic rings. The van der Waals surface area contributed by atoms with E-state index in [0.29, 0.717) is 0 Å². The third kappa shape index (κ3) is 2.24. The molecule has 0 aliphatic rings. The number of benzene rings is 1. The highest BCUT2D eigenvalue weighted by Crippen LogP contribution is 2.18. The molecule has 0 aliphatic heterocycles. The lowest BCUT2D eigenvalue weighted by Crippen LogP contribution is -2.09. The molecule has 1 heterocycles. The molecule has 0 bridgehead atoms. The normalized spacial score (nSPS) is 12.4. The van der Waals surface area contributed by atoms with Crippen LogP contribution in [-0.2, 0) is 7.05 Å². The molecule has 0 amide bonds. The lowest BCUT2D eigenvalue weighted by Gasteiger charge is -2.15. The van der Waals surface area contributed by atoms with Crippen molar-refractivity contribution in [1.82, 2.24) is 9.78 Å². The highest BCUT2D eigenvalue weighted by atomic mass is 15.3. The van der Waals surface area contributed by atoms with E-state index in [1.54, 1.807) is 6.20 Å². The monoisotopic (exact) mass is 215 g/mol. The van der Waals surface area contributed by atoms with Gasteiger partial charge in [0.1, 0.15) is 5.82 Å². The highest BCUT2D eigenvalue weighted by Gasteiger charge is 2.06. The Morgan fingerprint density at radius 3 is 2.44 bits per heavy atom. The molecular formula is C13H17N3. The maximum Gasteiger partial charge on any atom is 0.124 e. The Labute approximate surface area is 96.1 Å². The highest BCUT2D eigenvalue weighted by molar-refractivity contribution is 5.38. The van der Waals surface area contributed by atoms with E-state index in [1.165, 1.54) is 11.1 Å². The zero-order valence-corrected chi connectivity index (χ0v) is 9.94. The number of hydrogen-bond donors (Lipinski definition) is 1. The molecule has 1 unspecified atom stereocenters. The minimum Gasteiger partial charge on any atom is -0.364 e. The van der Waals surface area contributed by atoms with E-state index in [0.717, 1.165) is 5.82 Å². The van der Waals surface area contributed by atoms with Crippen molar-refractivity contribution in [2.75, 3.05) is 5.32 Å². The molecular weight excluding hydrogens is 198 g/mol. The minimum absolute atomic E-state index is 0.288.